The molecule has 3 N–H and O–H groups in total. The van der Waals surface area contributed by atoms with E-state index in [2.05, 4.69) is 10.6 Å². The third kappa shape index (κ3) is 7.54. The average molecular weight is 569 g/mol. The van der Waals surface area contributed by atoms with E-state index >= 15 is 0 Å². The first-order chi connectivity index (χ1) is 20.5. The average Bonchev–Trinajstić information content (AvgIpc) is 3.05. The van der Waals surface area contributed by atoms with Gasteiger partial charge < -0.3 is 30.0 Å². The summed E-state index contributed by atoms with van der Waals surface area (Å²) in [6, 6.07) is 34.8. The number of amides is 2. The predicted molar refractivity (Wildman–Crippen MR) is 160 cm³/mol. The van der Waals surface area contributed by atoms with Crippen LogP contribution in [-0.4, -0.2) is 49.5 Å². The van der Waals surface area contributed by atoms with Gasteiger partial charge >= 0.3 is 6.09 Å². The fraction of sp³-hybridized carbons (Fsp3) is 0.235. The van der Waals surface area contributed by atoms with Crippen molar-refractivity contribution in [1.82, 2.24) is 10.6 Å². The van der Waals surface area contributed by atoms with Gasteiger partial charge in [-0.15, -0.1) is 0 Å². The monoisotopic (exact) mass is 568 g/mol. The minimum absolute atomic E-state index is 0.0246. The first-order valence-corrected chi connectivity index (χ1v) is 13.7. The van der Waals surface area contributed by atoms with Crippen LogP contribution in [0.1, 0.15) is 29.2 Å². The van der Waals surface area contributed by atoms with Crippen molar-refractivity contribution in [2.45, 2.75) is 31.2 Å². The molecule has 0 fully saturated rings. The molecule has 0 unspecified atom stereocenters. The quantitative estimate of drug-likeness (QED) is 0.200. The van der Waals surface area contributed by atoms with E-state index in [0.717, 1.165) is 22.3 Å². The Morgan fingerprint density at radius 1 is 0.762 bits per heavy atom. The number of aliphatic hydroxyl groups is 1. The van der Waals surface area contributed by atoms with Gasteiger partial charge in [0.25, 0.3) is 0 Å². The number of rotatable bonds is 13. The predicted octanol–water partition coefficient (Wildman–Crippen LogP) is 4.80. The smallest absolute Gasteiger partial charge is 0.408 e. The van der Waals surface area contributed by atoms with E-state index in [1.54, 1.807) is 14.0 Å². The molecule has 0 aliphatic carbocycles. The van der Waals surface area contributed by atoms with Crippen LogP contribution in [0.5, 0.6) is 5.75 Å². The van der Waals surface area contributed by atoms with Crippen molar-refractivity contribution in [3.8, 4) is 5.75 Å². The Kier molecular flexibility index (Phi) is 10.7. The van der Waals surface area contributed by atoms with Crippen LogP contribution in [0.15, 0.2) is 115 Å². The maximum atomic E-state index is 13.0. The van der Waals surface area contributed by atoms with Crippen molar-refractivity contribution in [1.29, 1.82) is 0 Å². The molecule has 0 radical (unpaired) electrons. The fourth-order valence-corrected chi connectivity index (χ4v) is 4.62. The number of methoxy groups -OCH3 is 1. The molecule has 42 heavy (non-hydrogen) atoms. The van der Waals surface area contributed by atoms with E-state index in [1.807, 2.05) is 115 Å². The molecule has 8 heteroatoms. The summed E-state index contributed by atoms with van der Waals surface area (Å²) in [6.07, 6.45) is -0.718. The second kappa shape index (κ2) is 14.8. The summed E-state index contributed by atoms with van der Waals surface area (Å²) in [4.78, 5) is 25.2. The van der Waals surface area contributed by atoms with Gasteiger partial charge in [0.15, 0.2) is 0 Å². The van der Waals surface area contributed by atoms with Crippen LogP contribution in [0.4, 0.5) is 4.79 Å². The van der Waals surface area contributed by atoms with Crippen LogP contribution in [0.3, 0.4) is 0 Å². The van der Waals surface area contributed by atoms with Crippen LogP contribution in [0, 0.1) is 0 Å². The lowest BCUT2D eigenvalue weighted by atomic mass is 9.80. The number of carbonyl (C=O) groups is 2. The molecule has 8 nitrogen and oxygen atoms in total. The topological polar surface area (TPSA) is 106 Å². The molecule has 0 heterocycles. The molecular formula is C34H36N2O6. The Morgan fingerprint density at radius 3 is 1.81 bits per heavy atom. The number of aliphatic hydroxyl groups excluding tert-OH is 1. The molecule has 0 bridgehead atoms. The van der Waals surface area contributed by atoms with E-state index in [4.69, 9.17) is 14.2 Å². The number of hydrogen-bond donors (Lipinski definition) is 3. The van der Waals surface area contributed by atoms with E-state index in [-0.39, 0.29) is 19.8 Å². The molecular weight excluding hydrogens is 532 g/mol. The van der Waals surface area contributed by atoms with Crippen molar-refractivity contribution in [3.63, 3.8) is 0 Å². The standard InChI is InChI=1S/C34H36N2O6/c1-25(35-33(39)41-23-26-12-6-3-7-13-26)32(38)36-30(22-37)24-42-34(27-14-8-4-9-15-27,28-16-10-5-11-17-28)29-18-20-31(40-2)21-19-29/h3-21,25,30,37H,22-24H2,1-2H3,(H,35,39)(H,36,38)/t25-,30+/m1/s1. The molecule has 2 amide bonds. The minimum atomic E-state index is -1.06. The normalized spacial score (nSPS) is 12.5. The molecule has 0 saturated heterocycles. The molecule has 218 valence electrons. The number of nitrogens with one attached hydrogen (secondary N) is 2. The number of alkyl carbamates (subject to hydrolysis) is 1. The summed E-state index contributed by atoms with van der Waals surface area (Å²) < 4.78 is 17.3. The zero-order valence-electron chi connectivity index (χ0n) is 23.7. The number of benzene rings is 4. The molecule has 4 aromatic carbocycles. The summed E-state index contributed by atoms with van der Waals surface area (Å²) >= 11 is 0. The number of ether oxygens (including phenoxy) is 3. The first-order valence-electron chi connectivity index (χ1n) is 13.7. The Hall–Kier alpha value is -4.66. The van der Waals surface area contributed by atoms with Crippen LogP contribution < -0.4 is 15.4 Å². The number of hydrogen-bond acceptors (Lipinski definition) is 6. The second-order valence-corrected chi connectivity index (χ2v) is 9.77. The highest BCUT2D eigenvalue weighted by molar-refractivity contribution is 5.85. The highest BCUT2D eigenvalue weighted by Crippen LogP contribution is 2.41. The van der Waals surface area contributed by atoms with E-state index in [0.29, 0.717) is 5.75 Å². The van der Waals surface area contributed by atoms with Gasteiger partial charge in [-0.1, -0.05) is 103 Å². The molecule has 0 aliphatic rings. The lowest BCUT2D eigenvalue weighted by molar-refractivity contribution is -0.124. The summed E-state index contributed by atoms with van der Waals surface area (Å²) in [5.41, 5.74) is 2.37. The van der Waals surface area contributed by atoms with Crippen molar-refractivity contribution in [3.05, 3.63) is 138 Å². The van der Waals surface area contributed by atoms with Gasteiger partial charge in [-0.3, -0.25) is 4.79 Å². The first kappa shape index (κ1) is 30.3. The van der Waals surface area contributed by atoms with E-state index in [9.17, 15) is 14.7 Å². The Bertz CT molecular complexity index is 1360. The maximum absolute atomic E-state index is 13.0. The van der Waals surface area contributed by atoms with Crippen molar-refractivity contribution >= 4 is 12.0 Å². The highest BCUT2D eigenvalue weighted by Gasteiger charge is 2.38. The zero-order valence-corrected chi connectivity index (χ0v) is 23.7. The summed E-state index contributed by atoms with van der Waals surface area (Å²) in [5, 5.41) is 15.5. The highest BCUT2D eigenvalue weighted by atomic mass is 16.5. The Balaban J connectivity index is 1.51. The van der Waals surface area contributed by atoms with Gasteiger partial charge in [0.2, 0.25) is 5.91 Å². The van der Waals surface area contributed by atoms with Crippen molar-refractivity contribution < 1.29 is 28.9 Å². The second-order valence-electron chi connectivity index (χ2n) is 9.77. The van der Waals surface area contributed by atoms with Gasteiger partial charge in [0.1, 0.15) is 24.0 Å². The van der Waals surface area contributed by atoms with Gasteiger partial charge in [-0.05, 0) is 41.3 Å². The summed E-state index contributed by atoms with van der Waals surface area (Å²) in [7, 11) is 1.61. The molecule has 0 aromatic heterocycles. The third-order valence-electron chi connectivity index (χ3n) is 6.87. The number of carbonyl (C=O) groups excluding carboxylic acids is 2. The van der Waals surface area contributed by atoms with Crippen LogP contribution >= 0.6 is 0 Å². The van der Waals surface area contributed by atoms with Gasteiger partial charge in [0, 0.05) is 0 Å². The molecule has 4 aromatic rings. The lowest BCUT2D eigenvalue weighted by Gasteiger charge is -2.37. The fourth-order valence-electron chi connectivity index (χ4n) is 4.62. The maximum Gasteiger partial charge on any atom is 0.408 e. The lowest BCUT2D eigenvalue weighted by Crippen LogP contribution is -2.51. The van der Waals surface area contributed by atoms with Crippen molar-refractivity contribution in [2.75, 3.05) is 20.3 Å². The van der Waals surface area contributed by atoms with Crippen LogP contribution in [0.2, 0.25) is 0 Å². The molecule has 0 saturated carbocycles. The molecule has 0 spiro atoms. The van der Waals surface area contributed by atoms with E-state index < -0.39 is 29.7 Å². The van der Waals surface area contributed by atoms with Gasteiger partial charge in [0.05, 0.1) is 26.4 Å². The van der Waals surface area contributed by atoms with Gasteiger partial charge in [-0.2, -0.15) is 0 Å². The molecule has 0 aliphatic heterocycles. The molecule has 2 atom stereocenters. The minimum Gasteiger partial charge on any atom is -0.497 e. The Labute approximate surface area is 246 Å². The summed E-state index contributed by atoms with van der Waals surface area (Å²) in [5.74, 6) is 0.224. The van der Waals surface area contributed by atoms with Crippen molar-refractivity contribution in [2.24, 2.45) is 0 Å². The SMILES string of the molecule is COc1ccc(C(OC[C@H](CO)NC(=O)[C@@H](C)NC(=O)OCc2ccccc2)(c2ccccc2)c2ccccc2)cc1. The van der Waals surface area contributed by atoms with E-state index in [1.165, 1.54) is 0 Å². The largest absolute Gasteiger partial charge is 0.497 e. The van der Waals surface area contributed by atoms with Crippen LogP contribution in [-0.2, 0) is 26.5 Å². The zero-order chi connectivity index (χ0) is 29.8. The van der Waals surface area contributed by atoms with Crippen LogP contribution in [0.25, 0.3) is 0 Å². The van der Waals surface area contributed by atoms with Gasteiger partial charge in [-0.25, -0.2) is 4.79 Å². The third-order valence-corrected chi connectivity index (χ3v) is 6.87. The Morgan fingerprint density at radius 2 is 1.29 bits per heavy atom. The summed E-state index contributed by atoms with van der Waals surface area (Å²) in [6.45, 7) is 1.23. The molecule has 4 rings (SSSR count).